The first kappa shape index (κ1) is 13.2. The second-order valence-corrected chi connectivity index (χ2v) is 5.39. The first-order chi connectivity index (χ1) is 8.69. The van der Waals surface area contributed by atoms with Crippen molar-refractivity contribution in [3.63, 3.8) is 0 Å². The second kappa shape index (κ2) is 6.10. The Kier molecular flexibility index (Phi) is 4.48. The largest absolute Gasteiger partial charge is 0.246 e. The second-order valence-electron chi connectivity index (χ2n) is 3.53. The lowest BCUT2D eigenvalue weighted by Crippen LogP contribution is -1.86. The Hall–Kier alpha value is -1.21. The van der Waals surface area contributed by atoms with E-state index in [2.05, 4.69) is 4.98 Å². The molecule has 0 aliphatic carbocycles. The summed E-state index contributed by atoms with van der Waals surface area (Å²) in [4.78, 5) is 4.97. The van der Waals surface area contributed by atoms with Crippen LogP contribution in [-0.4, -0.2) is 4.98 Å². The summed E-state index contributed by atoms with van der Waals surface area (Å²) in [6.45, 7) is 0. The van der Waals surface area contributed by atoms with Crippen molar-refractivity contribution in [2.75, 3.05) is 0 Å². The number of nitrogens with zero attached hydrogens (tertiary/aromatic N) is 2. The molecule has 2 aromatic rings. The lowest BCUT2D eigenvalue weighted by Gasteiger charge is -2.03. The van der Waals surface area contributed by atoms with Gasteiger partial charge in [-0.25, -0.2) is 4.98 Å². The Morgan fingerprint density at radius 1 is 1.17 bits per heavy atom. The first-order valence-corrected chi connectivity index (χ1v) is 6.86. The highest BCUT2D eigenvalue weighted by Gasteiger charge is 2.02. The molecule has 0 radical (unpaired) electrons. The summed E-state index contributed by atoms with van der Waals surface area (Å²) in [6.07, 6.45) is 1.64. The fraction of sp³-hybridized carbons (Fsp3) is 0.0769. The molecule has 0 spiro atoms. The van der Waals surface area contributed by atoms with Crippen LogP contribution in [0.2, 0.25) is 10.0 Å². The molecule has 0 N–H and O–H groups in total. The van der Waals surface area contributed by atoms with E-state index in [1.165, 1.54) is 0 Å². The maximum Gasteiger partial charge on any atom is 0.140 e. The zero-order valence-electron chi connectivity index (χ0n) is 9.23. The van der Waals surface area contributed by atoms with Gasteiger partial charge in [-0.15, -0.1) is 11.8 Å². The summed E-state index contributed by atoms with van der Waals surface area (Å²) in [6, 6.07) is 11.2. The van der Waals surface area contributed by atoms with Crippen molar-refractivity contribution >= 4 is 35.0 Å². The molecule has 0 fully saturated rings. The predicted octanol–water partition coefficient (Wildman–Crippen LogP) is 4.55. The Bertz CT molecular complexity index is 608. The minimum atomic E-state index is 0.433. The van der Waals surface area contributed by atoms with E-state index in [9.17, 15) is 0 Å². The van der Waals surface area contributed by atoms with Crippen molar-refractivity contribution in [3.05, 3.63) is 57.8 Å². The molecule has 90 valence electrons. The van der Waals surface area contributed by atoms with E-state index in [4.69, 9.17) is 28.5 Å². The number of nitriles is 1. The molecule has 0 saturated carbocycles. The minimum absolute atomic E-state index is 0.433. The smallest absolute Gasteiger partial charge is 0.140 e. The predicted molar refractivity (Wildman–Crippen MR) is 75.0 cm³/mol. The van der Waals surface area contributed by atoms with Gasteiger partial charge in [0.2, 0.25) is 0 Å². The van der Waals surface area contributed by atoms with Crippen molar-refractivity contribution in [1.29, 1.82) is 5.26 Å². The summed E-state index contributed by atoms with van der Waals surface area (Å²) in [5, 5.41) is 9.87. The fourth-order valence-electron chi connectivity index (χ4n) is 1.36. The standard InChI is InChI=1S/C13H8Cl2N2S/c14-12-2-1-11(6-13(12)15)18-8-9-3-4-17-10(5-9)7-16/h1-6H,8H2. The van der Waals surface area contributed by atoms with Crippen LogP contribution < -0.4 is 0 Å². The van der Waals surface area contributed by atoms with Crippen LogP contribution in [0.3, 0.4) is 0 Å². The molecular weight excluding hydrogens is 287 g/mol. The highest BCUT2D eigenvalue weighted by Crippen LogP contribution is 2.29. The van der Waals surface area contributed by atoms with Gasteiger partial charge in [0.1, 0.15) is 11.8 Å². The van der Waals surface area contributed by atoms with Gasteiger partial charge in [0.25, 0.3) is 0 Å². The molecular formula is C13H8Cl2N2S. The lowest BCUT2D eigenvalue weighted by atomic mass is 10.2. The number of benzene rings is 1. The molecule has 0 saturated heterocycles. The third-order valence-corrected chi connectivity index (χ3v) is 4.04. The molecule has 0 amide bonds. The average molecular weight is 295 g/mol. The molecule has 5 heteroatoms. The van der Waals surface area contributed by atoms with Gasteiger partial charge in [-0.2, -0.15) is 5.26 Å². The van der Waals surface area contributed by atoms with Crippen LogP contribution in [0.15, 0.2) is 41.4 Å². The van der Waals surface area contributed by atoms with Crippen LogP contribution in [0.5, 0.6) is 0 Å². The topological polar surface area (TPSA) is 36.7 Å². The number of pyridine rings is 1. The minimum Gasteiger partial charge on any atom is -0.246 e. The fourth-order valence-corrected chi connectivity index (χ4v) is 2.60. The zero-order chi connectivity index (χ0) is 13.0. The zero-order valence-corrected chi connectivity index (χ0v) is 11.6. The third kappa shape index (κ3) is 3.39. The Morgan fingerprint density at radius 2 is 2.00 bits per heavy atom. The van der Waals surface area contributed by atoms with Gasteiger partial charge in [-0.1, -0.05) is 23.2 Å². The van der Waals surface area contributed by atoms with Gasteiger partial charge in [0, 0.05) is 16.8 Å². The molecule has 0 aliphatic rings. The lowest BCUT2D eigenvalue weighted by molar-refractivity contribution is 1.22. The SMILES string of the molecule is N#Cc1cc(CSc2ccc(Cl)c(Cl)c2)ccn1. The van der Waals surface area contributed by atoms with E-state index in [-0.39, 0.29) is 0 Å². The Morgan fingerprint density at radius 3 is 2.72 bits per heavy atom. The number of halogens is 2. The van der Waals surface area contributed by atoms with E-state index in [0.29, 0.717) is 15.7 Å². The number of aromatic nitrogens is 1. The van der Waals surface area contributed by atoms with Crippen molar-refractivity contribution < 1.29 is 0 Å². The monoisotopic (exact) mass is 294 g/mol. The van der Waals surface area contributed by atoms with Crippen molar-refractivity contribution in [2.24, 2.45) is 0 Å². The number of thioether (sulfide) groups is 1. The molecule has 0 aliphatic heterocycles. The first-order valence-electron chi connectivity index (χ1n) is 5.12. The highest BCUT2D eigenvalue weighted by atomic mass is 35.5. The molecule has 2 rings (SSSR count). The summed E-state index contributed by atoms with van der Waals surface area (Å²) < 4.78 is 0. The summed E-state index contributed by atoms with van der Waals surface area (Å²) >= 11 is 13.4. The Labute approximate surface area is 120 Å². The summed E-state index contributed by atoms with van der Waals surface area (Å²) in [5.74, 6) is 0.759. The number of hydrogen-bond donors (Lipinski definition) is 0. The molecule has 2 nitrogen and oxygen atoms in total. The Balaban J connectivity index is 2.07. The van der Waals surface area contributed by atoms with Crippen LogP contribution in [0, 0.1) is 11.3 Å². The van der Waals surface area contributed by atoms with E-state index in [1.54, 1.807) is 30.1 Å². The van der Waals surface area contributed by atoms with Gasteiger partial charge in [-0.3, -0.25) is 0 Å². The highest BCUT2D eigenvalue weighted by molar-refractivity contribution is 7.98. The normalized spacial score (nSPS) is 10.1. The molecule has 0 atom stereocenters. The van der Waals surface area contributed by atoms with Crippen LogP contribution >= 0.6 is 35.0 Å². The van der Waals surface area contributed by atoms with Gasteiger partial charge >= 0.3 is 0 Å². The molecule has 1 aromatic carbocycles. The van der Waals surface area contributed by atoms with E-state index >= 15 is 0 Å². The van der Waals surface area contributed by atoms with Crippen LogP contribution in [0.25, 0.3) is 0 Å². The van der Waals surface area contributed by atoms with Crippen molar-refractivity contribution in [3.8, 4) is 6.07 Å². The molecule has 18 heavy (non-hydrogen) atoms. The van der Waals surface area contributed by atoms with Gasteiger partial charge in [0.15, 0.2) is 0 Å². The van der Waals surface area contributed by atoms with Crippen LogP contribution in [-0.2, 0) is 5.75 Å². The van der Waals surface area contributed by atoms with Gasteiger partial charge < -0.3 is 0 Å². The van der Waals surface area contributed by atoms with E-state index in [0.717, 1.165) is 16.2 Å². The quantitative estimate of drug-likeness (QED) is 0.779. The van der Waals surface area contributed by atoms with Gasteiger partial charge in [0.05, 0.1) is 10.0 Å². The van der Waals surface area contributed by atoms with Gasteiger partial charge in [-0.05, 0) is 35.9 Å². The number of rotatable bonds is 3. The third-order valence-electron chi connectivity index (χ3n) is 2.24. The van der Waals surface area contributed by atoms with Crippen LogP contribution in [0.1, 0.15) is 11.3 Å². The molecule has 0 bridgehead atoms. The van der Waals surface area contributed by atoms with E-state index in [1.807, 2.05) is 24.3 Å². The average Bonchev–Trinajstić information content (AvgIpc) is 2.40. The van der Waals surface area contributed by atoms with E-state index < -0.39 is 0 Å². The summed E-state index contributed by atoms with van der Waals surface area (Å²) in [7, 11) is 0. The van der Waals surface area contributed by atoms with Crippen molar-refractivity contribution in [1.82, 2.24) is 4.98 Å². The molecule has 1 aromatic heterocycles. The maximum absolute atomic E-state index is 8.76. The molecule has 0 unspecified atom stereocenters. The van der Waals surface area contributed by atoms with Crippen molar-refractivity contribution in [2.45, 2.75) is 10.6 Å². The maximum atomic E-state index is 8.76. The number of hydrogen-bond acceptors (Lipinski definition) is 3. The van der Waals surface area contributed by atoms with Crippen LogP contribution in [0.4, 0.5) is 0 Å². The molecule has 1 heterocycles. The summed E-state index contributed by atoms with van der Waals surface area (Å²) in [5.41, 5.74) is 1.49.